The molecule has 1 aliphatic heterocycles. The molecule has 3 nitrogen and oxygen atoms in total. The van der Waals surface area contributed by atoms with Gasteiger partial charge in [-0.25, -0.2) is 0 Å². The van der Waals surface area contributed by atoms with Crippen LogP contribution in [0.3, 0.4) is 0 Å². The Hall–Kier alpha value is -0.120. The van der Waals surface area contributed by atoms with Crippen LogP contribution in [0.1, 0.15) is 47.5 Å². The van der Waals surface area contributed by atoms with E-state index in [1.165, 1.54) is 19.4 Å². The van der Waals surface area contributed by atoms with Crippen molar-refractivity contribution in [3.8, 4) is 0 Å². The lowest BCUT2D eigenvalue weighted by Gasteiger charge is -2.43. The predicted octanol–water partition coefficient (Wildman–Crippen LogP) is 2.51. The van der Waals surface area contributed by atoms with Gasteiger partial charge in [-0.1, -0.05) is 20.8 Å². The average Bonchev–Trinajstić information content (AvgIpc) is 2.35. The fourth-order valence-corrected chi connectivity index (χ4v) is 2.92. The fourth-order valence-electron chi connectivity index (χ4n) is 2.92. The van der Waals surface area contributed by atoms with Crippen LogP contribution in [0.15, 0.2) is 0 Å². The molecule has 1 rings (SSSR count). The zero-order valence-corrected chi connectivity index (χ0v) is 12.9. The first-order valence-electron chi connectivity index (χ1n) is 7.65. The first kappa shape index (κ1) is 15.9. The maximum absolute atomic E-state index is 5.60. The molecule has 0 spiro atoms. The summed E-state index contributed by atoms with van der Waals surface area (Å²) < 4.78 is 5.60. The molecule has 1 saturated heterocycles. The number of nitrogens with zero attached hydrogens (tertiary/aromatic N) is 1. The summed E-state index contributed by atoms with van der Waals surface area (Å²) in [5.74, 6) is 0.768. The Morgan fingerprint density at radius 3 is 2.56 bits per heavy atom. The van der Waals surface area contributed by atoms with Crippen LogP contribution < -0.4 is 5.32 Å². The molecule has 0 aromatic heterocycles. The van der Waals surface area contributed by atoms with E-state index in [0.29, 0.717) is 18.1 Å². The molecule has 0 aliphatic carbocycles. The zero-order chi connectivity index (χ0) is 13.5. The highest BCUT2D eigenvalue weighted by atomic mass is 16.5. The summed E-state index contributed by atoms with van der Waals surface area (Å²) in [6, 6.07) is 1.85. The number of hydrogen-bond acceptors (Lipinski definition) is 3. The minimum absolute atomic E-state index is 0.534. The van der Waals surface area contributed by atoms with Crippen LogP contribution in [0.5, 0.6) is 0 Å². The van der Waals surface area contributed by atoms with Gasteiger partial charge in [0.2, 0.25) is 0 Å². The molecule has 0 aromatic rings. The van der Waals surface area contributed by atoms with Crippen LogP contribution in [0.2, 0.25) is 0 Å². The highest BCUT2D eigenvalue weighted by Crippen LogP contribution is 2.18. The van der Waals surface area contributed by atoms with Crippen molar-refractivity contribution in [2.24, 2.45) is 5.92 Å². The van der Waals surface area contributed by atoms with E-state index in [1.807, 2.05) is 0 Å². The van der Waals surface area contributed by atoms with E-state index in [0.717, 1.165) is 25.7 Å². The standard InChI is InChI=1S/C15H32N2O/c1-6-15-9-16-14(8-12(3)4)10-17(15)13(5)11-18-7-2/h12-16H,6-11H2,1-5H3. The second-order valence-corrected chi connectivity index (χ2v) is 6.00. The summed E-state index contributed by atoms with van der Waals surface area (Å²) in [5, 5.41) is 3.71. The molecule has 108 valence electrons. The van der Waals surface area contributed by atoms with Gasteiger partial charge >= 0.3 is 0 Å². The van der Waals surface area contributed by atoms with Crippen molar-refractivity contribution in [1.82, 2.24) is 10.2 Å². The van der Waals surface area contributed by atoms with Crippen molar-refractivity contribution >= 4 is 0 Å². The smallest absolute Gasteiger partial charge is 0.0619 e. The second kappa shape index (κ2) is 8.13. The number of hydrogen-bond donors (Lipinski definition) is 1. The van der Waals surface area contributed by atoms with Crippen LogP contribution in [0, 0.1) is 5.92 Å². The van der Waals surface area contributed by atoms with Gasteiger partial charge in [0, 0.05) is 37.8 Å². The minimum Gasteiger partial charge on any atom is -0.380 e. The summed E-state index contributed by atoms with van der Waals surface area (Å²) in [4.78, 5) is 2.65. The topological polar surface area (TPSA) is 24.5 Å². The Kier molecular flexibility index (Phi) is 7.20. The lowest BCUT2D eigenvalue weighted by molar-refractivity contribution is 0.0246. The van der Waals surface area contributed by atoms with Crippen molar-refractivity contribution in [2.75, 3.05) is 26.3 Å². The summed E-state index contributed by atoms with van der Waals surface area (Å²) >= 11 is 0. The molecule has 0 aromatic carbocycles. The van der Waals surface area contributed by atoms with Crippen molar-refractivity contribution in [1.29, 1.82) is 0 Å². The van der Waals surface area contributed by atoms with Gasteiger partial charge in [-0.15, -0.1) is 0 Å². The van der Waals surface area contributed by atoms with Gasteiger partial charge in [-0.05, 0) is 32.6 Å². The maximum atomic E-state index is 5.60. The van der Waals surface area contributed by atoms with Gasteiger partial charge in [0.25, 0.3) is 0 Å². The number of rotatable bonds is 7. The Morgan fingerprint density at radius 2 is 2.00 bits per heavy atom. The molecule has 3 heteroatoms. The monoisotopic (exact) mass is 256 g/mol. The van der Waals surface area contributed by atoms with Crippen LogP contribution in [-0.2, 0) is 4.74 Å². The molecule has 0 bridgehead atoms. The van der Waals surface area contributed by atoms with E-state index < -0.39 is 0 Å². The summed E-state index contributed by atoms with van der Waals surface area (Å²) in [6.07, 6.45) is 2.49. The van der Waals surface area contributed by atoms with Gasteiger partial charge in [0.05, 0.1) is 6.61 Å². The van der Waals surface area contributed by atoms with E-state index >= 15 is 0 Å². The van der Waals surface area contributed by atoms with Crippen molar-refractivity contribution in [3.63, 3.8) is 0 Å². The Bertz CT molecular complexity index is 221. The molecule has 3 atom stereocenters. The number of piperazine rings is 1. The normalized spacial score (nSPS) is 27.7. The number of ether oxygens (including phenoxy) is 1. The van der Waals surface area contributed by atoms with Gasteiger partial charge in [-0.3, -0.25) is 4.90 Å². The SMILES string of the molecule is CCOCC(C)N1CC(CC(C)C)NCC1CC. The highest BCUT2D eigenvalue weighted by molar-refractivity contribution is 4.88. The summed E-state index contributed by atoms with van der Waals surface area (Å²) in [5.41, 5.74) is 0. The van der Waals surface area contributed by atoms with Crippen molar-refractivity contribution in [3.05, 3.63) is 0 Å². The van der Waals surface area contributed by atoms with Gasteiger partial charge < -0.3 is 10.1 Å². The van der Waals surface area contributed by atoms with E-state index in [1.54, 1.807) is 0 Å². The lowest BCUT2D eigenvalue weighted by Crippen LogP contribution is -2.59. The molecule has 0 radical (unpaired) electrons. The van der Waals surface area contributed by atoms with Gasteiger partial charge in [-0.2, -0.15) is 0 Å². The van der Waals surface area contributed by atoms with E-state index in [4.69, 9.17) is 4.74 Å². The van der Waals surface area contributed by atoms with E-state index in [-0.39, 0.29) is 0 Å². The first-order valence-corrected chi connectivity index (χ1v) is 7.65. The maximum Gasteiger partial charge on any atom is 0.0619 e. The molecular weight excluding hydrogens is 224 g/mol. The number of nitrogens with one attached hydrogen (secondary N) is 1. The second-order valence-electron chi connectivity index (χ2n) is 6.00. The van der Waals surface area contributed by atoms with Crippen LogP contribution in [0.25, 0.3) is 0 Å². The average molecular weight is 256 g/mol. The summed E-state index contributed by atoms with van der Waals surface area (Å²) in [6.45, 7) is 15.3. The van der Waals surface area contributed by atoms with E-state index in [9.17, 15) is 0 Å². The molecule has 0 saturated carbocycles. The summed E-state index contributed by atoms with van der Waals surface area (Å²) in [7, 11) is 0. The lowest BCUT2D eigenvalue weighted by atomic mass is 9.98. The quantitative estimate of drug-likeness (QED) is 0.757. The fraction of sp³-hybridized carbons (Fsp3) is 1.00. The van der Waals surface area contributed by atoms with Crippen molar-refractivity contribution < 1.29 is 4.74 Å². The molecule has 3 unspecified atom stereocenters. The third-order valence-corrected chi connectivity index (χ3v) is 3.90. The largest absolute Gasteiger partial charge is 0.380 e. The molecule has 0 amide bonds. The minimum atomic E-state index is 0.534. The Balaban J connectivity index is 2.52. The molecule has 1 N–H and O–H groups in total. The predicted molar refractivity (Wildman–Crippen MR) is 78.0 cm³/mol. The molecule has 1 aliphatic rings. The third kappa shape index (κ3) is 4.87. The molecular formula is C15H32N2O. The van der Waals surface area contributed by atoms with E-state index in [2.05, 4.69) is 44.8 Å². The van der Waals surface area contributed by atoms with Crippen LogP contribution in [-0.4, -0.2) is 49.3 Å². The highest BCUT2D eigenvalue weighted by Gasteiger charge is 2.30. The Morgan fingerprint density at radius 1 is 1.28 bits per heavy atom. The Labute approximate surface area is 113 Å². The van der Waals surface area contributed by atoms with Gasteiger partial charge in [0.15, 0.2) is 0 Å². The molecule has 1 fully saturated rings. The third-order valence-electron chi connectivity index (χ3n) is 3.90. The molecule has 18 heavy (non-hydrogen) atoms. The zero-order valence-electron chi connectivity index (χ0n) is 12.9. The van der Waals surface area contributed by atoms with Crippen LogP contribution in [0.4, 0.5) is 0 Å². The molecule has 1 heterocycles. The first-order chi connectivity index (χ1) is 8.58. The van der Waals surface area contributed by atoms with Crippen molar-refractivity contribution in [2.45, 2.75) is 65.6 Å². The van der Waals surface area contributed by atoms with Gasteiger partial charge in [0.1, 0.15) is 0 Å². The van der Waals surface area contributed by atoms with Crippen LogP contribution >= 0.6 is 0 Å².